The van der Waals surface area contributed by atoms with E-state index in [2.05, 4.69) is 30.9 Å². The molecule has 4 nitrogen and oxygen atoms in total. The summed E-state index contributed by atoms with van der Waals surface area (Å²) in [7, 11) is 1.70. The summed E-state index contributed by atoms with van der Waals surface area (Å²) >= 11 is 0. The Bertz CT molecular complexity index is 480. The van der Waals surface area contributed by atoms with E-state index in [1.54, 1.807) is 7.11 Å². The van der Waals surface area contributed by atoms with Crippen LogP contribution in [0.2, 0.25) is 0 Å². The Kier molecular flexibility index (Phi) is 6.25. The number of carbonyl (C=O) groups excluding carboxylic acids is 1. The van der Waals surface area contributed by atoms with Gasteiger partial charge in [-0.15, -0.1) is 0 Å². The van der Waals surface area contributed by atoms with Crippen molar-refractivity contribution in [3.05, 3.63) is 29.8 Å². The van der Waals surface area contributed by atoms with Crippen molar-refractivity contribution in [3.8, 4) is 5.75 Å². The van der Waals surface area contributed by atoms with Gasteiger partial charge in [0.2, 0.25) is 5.91 Å². The molecule has 0 bridgehead atoms. The molecule has 0 radical (unpaired) electrons. The smallest absolute Gasteiger partial charge is 0.222 e. The lowest BCUT2D eigenvalue weighted by Gasteiger charge is -2.35. The zero-order chi connectivity index (χ0) is 15.9. The lowest BCUT2D eigenvalue weighted by Crippen LogP contribution is -2.49. The third-order valence-electron chi connectivity index (χ3n) is 4.16. The molecule has 0 aromatic heterocycles. The standard InChI is InChI=1S/C18H28N2O2/c1-15(2)13-18(21)20-11-9-19(10-12-20)8-7-16-5-4-6-17(14-16)22-3/h4-6,14-15H,7-13H2,1-3H3. The highest BCUT2D eigenvalue weighted by atomic mass is 16.5. The summed E-state index contributed by atoms with van der Waals surface area (Å²) in [5, 5.41) is 0. The normalized spacial score (nSPS) is 16.1. The van der Waals surface area contributed by atoms with Gasteiger partial charge in [-0.05, 0) is 30.0 Å². The van der Waals surface area contributed by atoms with E-state index >= 15 is 0 Å². The van der Waals surface area contributed by atoms with E-state index < -0.39 is 0 Å². The molecule has 0 saturated carbocycles. The lowest BCUT2D eigenvalue weighted by molar-refractivity contribution is -0.133. The van der Waals surface area contributed by atoms with Gasteiger partial charge in [0.05, 0.1) is 7.11 Å². The summed E-state index contributed by atoms with van der Waals surface area (Å²) in [6, 6.07) is 8.26. The summed E-state index contributed by atoms with van der Waals surface area (Å²) in [6.07, 6.45) is 1.70. The Morgan fingerprint density at radius 2 is 1.95 bits per heavy atom. The third kappa shape index (κ3) is 5.02. The predicted octanol–water partition coefficient (Wildman–Crippen LogP) is 2.43. The molecule has 4 heteroatoms. The van der Waals surface area contributed by atoms with Gasteiger partial charge in [0.15, 0.2) is 0 Å². The van der Waals surface area contributed by atoms with Crippen LogP contribution in [-0.4, -0.2) is 55.5 Å². The second kappa shape index (κ2) is 8.18. The van der Waals surface area contributed by atoms with Gasteiger partial charge in [0.25, 0.3) is 0 Å². The van der Waals surface area contributed by atoms with Gasteiger partial charge in [-0.25, -0.2) is 0 Å². The van der Waals surface area contributed by atoms with E-state index in [1.807, 2.05) is 17.0 Å². The van der Waals surface area contributed by atoms with Crippen LogP contribution in [0.5, 0.6) is 5.75 Å². The number of methoxy groups -OCH3 is 1. The highest BCUT2D eigenvalue weighted by molar-refractivity contribution is 5.76. The number of piperazine rings is 1. The fourth-order valence-corrected chi connectivity index (χ4v) is 2.81. The summed E-state index contributed by atoms with van der Waals surface area (Å²) < 4.78 is 5.26. The van der Waals surface area contributed by atoms with Crippen LogP contribution < -0.4 is 4.74 Å². The fourth-order valence-electron chi connectivity index (χ4n) is 2.81. The van der Waals surface area contributed by atoms with Crippen LogP contribution >= 0.6 is 0 Å². The molecule has 1 aromatic rings. The molecule has 2 rings (SSSR count). The highest BCUT2D eigenvalue weighted by Gasteiger charge is 2.21. The molecule has 1 aliphatic heterocycles. The Labute approximate surface area is 134 Å². The van der Waals surface area contributed by atoms with E-state index in [0.29, 0.717) is 18.2 Å². The van der Waals surface area contributed by atoms with Gasteiger partial charge < -0.3 is 9.64 Å². The zero-order valence-corrected chi connectivity index (χ0v) is 14.0. The monoisotopic (exact) mass is 304 g/mol. The number of hydrogen-bond acceptors (Lipinski definition) is 3. The van der Waals surface area contributed by atoms with E-state index in [-0.39, 0.29) is 0 Å². The van der Waals surface area contributed by atoms with Crippen molar-refractivity contribution >= 4 is 5.91 Å². The van der Waals surface area contributed by atoms with Crippen molar-refractivity contribution in [1.29, 1.82) is 0 Å². The number of rotatable bonds is 6. The Hall–Kier alpha value is -1.55. The molecular formula is C18H28N2O2. The number of ether oxygens (including phenoxy) is 1. The molecule has 1 heterocycles. The number of carbonyl (C=O) groups is 1. The van der Waals surface area contributed by atoms with E-state index in [1.165, 1.54) is 5.56 Å². The summed E-state index contributed by atoms with van der Waals surface area (Å²) in [6.45, 7) is 8.93. The maximum Gasteiger partial charge on any atom is 0.222 e. The first-order valence-electron chi connectivity index (χ1n) is 8.21. The first-order chi connectivity index (χ1) is 10.6. The fraction of sp³-hybridized carbons (Fsp3) is 0.611. The second-order valence-corrected chi connectivity index (χ2v) is 6.42. The largest absolute Gasteiger partial charge is 0.497 e. The van der Waals surface area contributed by atoms with Crippen molar-refractivity contribution in [3.63, 3.8) is 0 Å². The van der Waals surface area contributed by atoms with Crippen molar-refractivity contribution in [2.45, 2.75) is 26.7 Å². The molecular weight excluding hydrogens is 276 g/mol. The molecule has 22 heavy (non-hydrogen) atoms. The topological polar surface area (TPSA) is 32.8 Å². The number of amides is 1. The van der Waals surface area contributed by atoms with Crippen LogP contribution in [0.3, 0.4) is 0 Å². The van der Waals surface area contributed by atoms with Crippen LogP contribution in [0, 0.1) is 5.92 Å². The van der Waals surface area contributed by atoms with E-state index in [9.17, 15) is 4.79 Å². The molecule has 122 valence electrons. The van der Waals surface area contributed by atoms with Gasteiger partial charge >= 0.3 is 0 Å². The first kappa shape index (κ1) is 16.8. The van der Waals surface area contributed by atoms with Gasteiger partial charge in [-0.1, -0.05) is 26.0 Å². The van der Waals surface area contributed by atoms with Crippen molar-refractivity contribution < 1.29 is 9.53 Å². The van der Waals surface area contributed by atoms with Crippen LogP contribution in [0.25, 0.3) is 0 Å². The molecule has 1 amide bonds. The van der Waals surface area contributed by atoms with Crippen LogP contribution in [0.4, 0.5) is 0 Å². The third-order valence-corrected chi connectivity index (χ3v) is 4.16. The minimum atomic E-state index is 0.308. The van der Waals surface area contributed by atoms with Crippen molar-refractivity contribution in [1.82, 2.24) is 9.80 Å². The average molecular weight is 304 g/mol. The average Bonchev–Trinajstić information content (AvgIpc) is 2.53. The van der Waals surface area contributed by atoms with Crippen LogP contribution in [0.1, 0.15) is 25.8 Å². The molecule has 1 fully saturated rings. The molecule has 1 saturated heterocycles. The molecule has 0 spiro atoms. The predicted molar refractivity (Wildman–Crippen MR) is 89.2 cm³/mol. The Morgan fingerprint density at radius 3 is 2.59 bits per heavy atom. The van der Waals surface area contributed by atoms with Crippen LogP contribution in [0.15, 0.2) is 24.3 Å². The van der Waals surface area contributed by atoms with Gasteiger partial charge in [0, 0.05) is 39.1 Å². The second-order valence-electron chi connectivity index (χ2n) is 6.42. The summed E-state index contributed by atoms with van der Waals surface area (Å²) in [5.74, 6) is 1.67. The SMILES string of the molecule is COc1cccc(CCN2CCN(C(=O)CC(C)C)CC2)c1. The maximum atomic E-state index is 12.1. The Morgan fingerprint density at radius 1 is 1.23 bits per heavy atom. The van der Waals surface area contributed by atoms with Crippen molar-refractivity contribution in [2.24, 2.45) is 5.92 Å². The van der Waals surface area contributed by atoms with Gasteiger partial charge in [-0.3, -0.25) is 9.69 Å². The maximum absolute atomic E-state index is 12.1. The molecule has 0 aliphatic carbocycles. The molecule has 1 aromatic carbocycles. The minimum absolute atomic E-state index is 0.308. The molecule has 0 unspecified atom stereocenters. The quantitative estimate of drug-likeness (QED) is 0.809. The summed E-state index contributed by atoms with van der Waals surface area (Å²) in [4.78, 5) is 16.5. The van der Waals surface area contributed by atoms with Gasteiger partial charge in [0.1, 0.15) is 5.75 Å². The number of nitrogens with zero attached hydrogens (tertiary/aromatic N) is 2. The Balaban J connectivity index is 1.74. The molecule has 0 atom stereocenters. The van der Waals surface area contributed by atoms with Gasteiger partial charge in [-0.2, -0.15) is 0 Å². The van der Waals surface area contributed by atoms with Crippen LogP contribution in [-0.2, 0) is 11.2 Å². The number of hydrogen-bond donors (Lipinski definition) is 0. The molecule has 0 N–H and O–H groups in total. The summed E-state index contributed by atoms with van der Waals surface area (Å²) in [5.41, 5.74) is 1.30. The highest BCUT2D eigenvalue weighted by Crippen LogP contribution is 2.14. The van der Waals surface area contributed by atoms with Crippen molar-refractivity contribution in [2.75, 3.05) is 39.8 Å². The van der Waals surface area contributed by atoms with E-state index in [0.717, 1.165) is 44.9 Å². The minimum Gasteiger partial charge on any atom is -0.497 e. The number of benzene rings is 1. The first-order valence-corrected chi connectivity index (χ1v) is 8.21. The molecule has 1 aliphatic rings. The lowest BCUT2D eigenvalue weighted by atomic mass is 10.1. The van der Waals surface area contributed by atoms with E-state index in [4.69, 9.17) is 4.74 Å². The zero-order valence-electron chi connectivity index (χ0n) is 14.0.